The highest BCUT2D eigenvalue weighted by molar-refractivity contribution is 7.89. The Labute approximate surface area is 61.2 Å². The van der Waals surface area contributed by atoms with Crippen molar-refractivity contribution in [2.75, 3.05) is 26.4 Å². The zero-order chi connectivity index (χ0) is 8.20. The summed E-state index contributed by atoms with van der Waals surface area (Å²) in [5.74, 6) is -0.0365. The molecule has 0 aliphatic heterocycles. The van der Waals surface area contributed by atoms with Gasteiger partial charge in [-0.05, 0) is 0 Å². The van der Waals surface area contributed by atoms with Gasteiger partial charge in [0.25, 0.3) is 0 Å². The van der Waals surface area contributed by atoms with Crippen molar-refractivity contribution >= 4 is 10.0 Å². The van der Waals surface area contributed by atoms with Crippen LogP contribution in [0, 0.1) is 0 Å². The van der Waals surface area contributed by atoms with Crippen molar-refractivity contribution in [2.45, 2.75) is 0 Å². The molecule has 0 aromatic rings. The van der Waals surface area contributed by atoms with Gasteiger partial charge in [-0.25, -0.2) is 13.6 Å². The lowest BCUT2D eigenvalue weighted by Crippen LogP contribution is -2.35. The standard InChI is InChI=1S/C4H13N3O2S/c1-7(2)6-3-4-10(5,8)9/h6H,3-4H2,1-2H3,(H2,5,8,9). The van der Waals surface area contributed by atoms with E-state index >= 15 is 0 Å². The summed E-state index contributed by atoms with van der Waals surface area (Å²) in [6, 6.07) is 0. The SMILES string of the molecule is CN(C)NCCS(N)(=O)=O. The Morgan fingerprint density at radius 3 is 2.30 bits per heavy atom. The lowest BCUT2D eigenvalue weighted by molar-refractivity contribution is 0.299. The Bertz CT molecular complexity index is 175. The minimum atomic E-state index is -3.31. The van der Waals surface area contributed by atoms with Crippen LogP contribution in [0.15, 0.2) is 0 Å². The number of sulfonamides is 1. The molecule has 0 unspecified atom stereocenters. The van der Waals surface area contributed by atoms with Crippen molar-refractivity contribution in [1.82, 2.24) is 10.4 Å². The number of nitrogens with zero attached hydrogens (tertiary/aromatic N) is 1. The number of hydrogen-bond donors (Lipinski definition) is 2. The van der Waals surface area contributed by atoms with Gasteiger partial charge in [0.05, 0.1) is 5.75 Å². The number of nitrogens with one attached hydrogen (secondary N) is 1. The Kier molecular flexibility index (Phi) is 3.80. The van der Waals surface area contributed by atoms with Gasteiger partial charge in [-0.3, -0.25) is 10.4 Å². The van der Waals surface area contributed by atoms with E-state index in [9.17, 15) is 8.42 Å². The van der Waals surface area contributed by atoms with E-state index in [0.29, 0.717) is 6.54 Å². The van der Waals surface area contributed by atoms with Crippen LogP contribution in [0.2, 0.25) is 0 Å². The Balaban J connectivity index is 3.39. The summed E-state index contributed by atoms with van der Waals surface area (Å²) < 4.78 is 20.7. The van der Waals surface area contributed by atoms with Crippen molar-refractivity contribution in [3.63, 3.8) is 0 Å². The van der Waals surface area contributed by atoms with Crippen molar-refractivity contribution in [1.29, 1.82) is 0 Å². The third kappa shape index (κ3) is 7.83. The second-order valence-electron chi connectivity index (χ2n) is 2.17. The summed E-state index contributed by atoms with van der Waals surface area (Å²) in [6.45, 7) is 0.353. The zero-order valence-electron chi connectivity index (χ0n) is 6.16. The van der Waals surface area contributed by atoms with E-state index in [-0.39, 0.29) is 5.75 Å². The summed E-state index contributed by atoms with van der Waals surface area (Å²) >= 11 is 0. The number of hydrogen-bond acceptors (Lipinski definition) is 4. The average molecular weight is 167 g/mol. The molecule has 3 N–H and O–H groups in total. The molecule has 62 valence electrons. The molecular formula is C4H13N3O2S. The van der Waals surface area contributed by atoms with Crippen LogP contribution in [-0.4, -0.2) is 39.8 Å². The van der Waals surface area contributed by atoms with Crippen molar-refractivity contribution in [2.24, 2.45) is 5.14 Å². The molecule has 0 rings (SSSR count). The maximum Gasteiger partial charge on any atom is 0.210 e. The third-order valence-corrected chi connectivity index (χ3v) is 1.59. The van der Waals surface area contributed by atoms with Crippen molar-refractivity contribution in [3.8, 4) is 0 Å². The van der Waals surface area contributed by atoms with Crippen LogP contribution in [0.1, 0.15) is 0 Å². The summed E-state index contributed by atoms with van der Waals surface area (Å²) in [7, 11) is 0.253. The minimum absolute atomic E-state index is 0.0365. The van der Waals surface area contributed by atoms with Gasteiger partial charge in [0.1, 0.15) is 0 Å². The van der Waals surface area contributed by atoms with Gasteiger partial charge >= 0.3 is 0 Å². The summed E-state index contributed by atoms with van der Waals surface area (Å²) in [4.78, 5) is 0. The van der Waals surface area contributed by atoms with Crippen LogP contribution < -0.4 is 10.6 Å². The molecule has 0 atom stereocenters. The maximum atomic E-state index is 10.3. The van der Waals surface area contributed by atoms with E-state index in [4.69, 9.17) is 5.14 Å². The monoisotopic (exact) mass is 167 g/mol. The lowest BCUT2D eigenvalue weighted by atomic mass is 10.8. The van der Waals surface area contributed by atoms with Gasteiger partial charge in [-0.2, -0.15) is 0 Å². The van der Waals surface area contributed by atoms with Gasteiger partial charge < -0.3 is 0 Å². The number of hydrazine groups is 1. The van der Waals surface area contributed by atoms with Crippen LogP contribution in [0.5, 0.6) is 0 Å². The first-order valence-electron chi connectivity index (χ1n) is 2.83. The molecule has 0 spiro atoms. The molecule has 0 aliphatic rings. The predicted octanol–water partition coefficient (Wildman–Crippen LogP) is -1.66. The topological polar surface area (TPSA) is 75.4 Å². The van der Waals surface area contributed by atoms with Crippen molar-refractivity contribution in [3.05, 3.63) is 0 Å². The van der Waals surface area contributed by atoms with Crippen LogP contribution in [0.3, 0.4) is 0 Å². The average Bonchev–Trinajstić information content (AvgIpc) is 1.59. The van der Waals surface area contributed by atoms with Crippen LogP contribution >= 0.6 is 0 Å². The molecule has 0 radical (unpaired) electrons. The zero-order valence-corrected chi connectivity index (χ0v) is 6.98. The fraction of sp³-hybridized carbons (Fsp3) is 1.00. The summed E-state index contributed by atoms with van der Waals surface area (Å²) in [6.07, 6.45) is 0. The molecule has 5 nitrogen and oxygen atoms in total. The fourth-order valence-corrected chi connectivity index (χ4v) is 0.787. The first kappa shape index (κ1) is 9.83. The molecule has 0 aliphatic carbocycles. The summed E-state index contributed by atoms with van der Waals surface area (Å²) in [5.41, 5.74) is 2.78. The largest absolute Gasteiger partial charge is 0.255 e. The van der Waals surface area contributed by atoms with E-state index in [1.54, 1.807) is 19.1 Å². The highest BCUT2D eigenvalue weighted by Gasteiger charge is 2.00. The van der Waals surface area contributed by atoms with E-state index in [2.05, 4.69) is 5.43 Å². The molecule has 0 bridgehead atoms. The Morgan fingerprint density at radius 2 is 2.00 bits per heavy atom. The second kappa shape index (κ2) is 3.87. The molecule has 0 amide bonds. The maximum absolute atomic E-state index is 10.3. The first-order valence-corrected chi connectivity index (χ1v) is 4.54. The highest BCUT2D eigenvalue weighted by atomic mass is 32.2. The molecule has 0 saturated heterocycles. The Morgan fingerprint density at radius 1 is 1.50 bits per heavy atom. The van der Waals surface area contributed by atoms with Gasteiger partial charge in [0, 0.05) is 20.6 Å². The quantitative estimate of drug-likeness (QED) is 0.491. The molecular weight excluding hydrogens is 154 g/mol. The van der Waals surface area contributed by atoms with E-state index in [0.717, 1.165) is 0 Å². The van der Waals surface area contributed by atoms with Gasteiger partial charge in [-0.15, -0.1) is 0 Å². The molecule has 0 saturated carbocycles. The van der Waals surface area contributed by atoms with E-state index < -0.39 is 10.0 Å². The normalized spacial score (nSPS) is 12.4. The van der Waals surface area contributed by atoms with Crippen molar-refractivity contribution < 1.29 is 8.42 Å². The van der Waals surface area contributed by atoms with Crippen LogP contribution in [-0.2, 0) is 10.0 Å². The van der Waals surface area contributed by atoms with E-state index in [1.807, 2.05) is 0 Å². The minimum Gasteiger partial charge on any atom is -0.255 e. The molecule has 10 heavy (non-hydrogen) atoms. The van der Waals surface area contributed by atoms with Gasteiger partial charge in [0.15, 0.2) is 0 Å². The Hall–Kier alpha value is -0.170. The number of rotatable bonds is 4. The molecule has 0 aromatic heterocycles. The number of primary sulfonamides is 1. The van der Waals surface area contributed by atoms with Crippen LogP contribution in [0.25, 0.3) is 0 Å². The second-order valence-corrected chi connectivity index (χ2v) is 3.90. The van der Waals surface area contributed by atoms with Crippen LogP contribution in [0.4, 0.5) is 0 Å². The van der Waals surface area contributed by atoms with Gasteiger partial charge in [-0.1, -0.05) is 0 Å². The third-order valence-electron chi connectivity index (χ3n) is 0.815. The summed E-state index contributed by atoms with van der Waals surface area (Å²) in [5, 5.41) is 6.41. The highest BCUT2D eigenvalue weighted by Crippen LogP contribution is 1.74. The van der Waals surface area contributed by atoms with E-state index in [1.165, 1.54) is 0 Å². The lowest BCUT2D eigenvalue weighted by Gasteiger charge is -2.09. The molecule has 0 fully saturated rings. The molecule has 0 heterocycles. The molecule has 0 aromatic carbocycles. The first-order chi connectivity index (χ1) is 4.42. The molecule has 6 heteroatoms. The number of nitrogens with two attached hydrogens (primary N) is 1. The predicted molar refractivity (Wildman–Crippen MR) is 39.7 cm³/mol. The smallest absolute Gasteiger partial charge is 0.210 e. The van der Waals surface area contributed by atoms with Gasteiger partial charge in [0.2, 0.25) is 10.0 Å². The fourth-order valence-electron chi connectivity index (χ4n) is 0.412.